The van der Waals surface area contributed by atoms with Crippen molar-refractivity contribution in [2.45, 2.75) is 23.1 Å². The molecule has 0 aliphatic heterocycles. The zero-order valence-electron chi connectivity index (χ0n) is 16.1. The minimum Gasteiger partial charge on any atom is -0.394 e. The van der Waals surface area contributed by atoms with Crippen LogP contribution in [0.1, 0.15) is 18.7 Å². The Hall–Kier alpha value is -0.520. The van der Waals surface area contributed by atoms with Crippen molar-refractivity contribution in [3.8, 4) is 0 Å². The molecule has 2 aromatic rings. The van der Waals surface area contributed by atoms with Gasteiger partial charge in [0.1, 0.15) is 24.1 Å². The van der Waals surface area contributed by atoms with E-state index in [-0.39, 0.29) is 9.74 Å². The number of phosphoric ester groups is 1. The highest BCUT2D eigenvalue weighted by molar-refractivity contribution is 14.1. The first-order chi connectivity index (χ1) is 14.6. The fourth-order valence-electron chi connectivity index (χ4n) is 2.42. The number of aliphatic hydroxyl groups excluding tert-OH is 1. The molecule has 0 bridgehead atoms. The molecule has 0 fully saturated rings. The highest BCUT2D eigenvalue weighted by atomic mass is 127. The molecule has 0 saturated heterocycles. The van der Waals surface area contributed by atoms with E-state index in [4.69, 9.17) is 20.3 Å². The number of nitrogen functional groups attached to an aromatic ring is 1. The van der Waals surface area contributed by atoms with Crippen LogP contribution in [0.5, 0.6) is 0 Å². The van der Waals surface area contributed by atoms with Crippen molar-refractivity contribution in [2.24, 2.45) is 0 Å². The van der Waals surface area contributed by atoms with Gasteiger partial charge in [0, 0.05) is 3.92 Å². The summed E-state index contributed by atoms with van der Waals surface area (Å²) in [6.07, 6.45) is -0.722. The molecule has 5 atom stereocenters. The van der Waals surface area contributed by atoms with Crippen LogP contribution in [0.15, 0.2) is 18.5 Å². The highest BCUT2D eigenvalue weighted by Crippen LogP contribution is 2.66. The smallest absolute Gasteiger partial charge is 0.394 e. The third kappa shape index (κ3) is 8.06. The van der Waals surface area contributed by atoms with Crippen LogP contribution in [-0.2, 0) is 31.6 Å². The van der Waals surface area contributed by atoms with E-state index in [1.54, 1.807) is 19.1 Å². The summed E-state index contributed by atoms with van der Waals surface area (Å²) in [5, 5.41) is 13.7. The van der Waals surface area contributed by atoms with Gasteiger partial charge in [0.15, 0.2) is 5.82 Å². The molecule has 2 heterocycles. The fraction of sp³-hybridized carbons (Fsp3) is 0.500. The van der Waals surface area contributed by atoms with Crippen LogP contribution >= 0.6 is 46.1 Å². The van der Waals surface area contributed by atoms with Crippen LogP contribution in [0, 0.1) is 0 Å². The summed E-state index contributed by atoms with van der Waals surface area (Å²) in [4.78, 5) is 39.7. The largest absolute Gasteiger partial charge is 0.490 e. The van der Waals surface area contributed by atoms with E-state index < -0.39 is 48.9 Å². The van der Waals surface area contributed by atoms with E-state index in [1.165, 1.54) is 10.8 Å². The molecule has 0 saturated carbocycles. The SMILES string of the molecule is CC(I)[C@@H](O[C@@H](CO)COP(=O)(O)OP(=O)(O)OP(=O)(O)O)c1ccc2c(N)ncnn12. The lowest BCUT2D eigenvalue weighted by Crippen LogP contribution is -2.29. The molecule has 16 nitrogen and oxygen atoms in total. The number of fused-ring (bicyclic) bond motifs is 1. The summed E-state index contributed by atoms with van der Waals surface area (Å²) >= 11 is 2.05. The number of nitrogens with two attached hydrogens (primary N) is 1. The first kappa shape index (κ1) is 27.7. The molecule has 182 valence electrons. The maximum Gasteiger partial charge on any atom is 0.490 e. The number of ether oxygens (including phenoxy) is 1. The van der Waals surface area contributed by atoms with Gasteiger partial charge in [-0.2, -0.15) is 13.7 Å². The third-order valence-corrected chi connectivity index (χ3v) is 8.06. The molecule has 2 rings (SSSR count). The topological polar surface area (TPSA) is 245 Å². The van der Waals surface area contributed by atoms with Gasteiger partial charge in [0.2, 0.25) is 0 Å². The van der Waals surface area contributed by atoms with Gasteiger partial charge in [0.05, 0.1) is 18.9 Å². The third-order valence-electron chi connectivity index (χ3n) is 3.60. The van der Waals surface area contributed by atoms with Crippen LogP contribution in [0.4, 0.5) is 5.82 Å². The number of alkyl halides is 1. The van der Waals surface area contributed by atoms with Gasteiger partial charge in [-0.15, -0.1) is 0 Å². The number of anilines is 1. The molecule has 0 aliphatic carbocycles. The second-order valence-corrected chi connectivity index (χ2v) is 12.5. The average Bonchev–Trinajstić information content (AvgIpc) is 3.03. The van der Waals surface area contributed by atoms with E-state index >= 15 is 0 Å². The van der Waals surface area contributed by atoms with Gasteiger partial charge in [-0.25, -0.2) is 23.2 Å². The number of hydrogen-bond acceptors (Lipinski definition) is 11. The van der Waals surface area contributed by atoms with Gasteiger partial charge >= 0.3 is 23.5 Å². The van der Waals surface area contributed by atoms with Gasteiger partial charge in [0.25, 0.3) is 0 Å². The quantitative estimate of drug-likeness (QED) is 0.108. The van der Waals surface area contributed by atoms with Crippen molar-refractivity contribution >= 4 is 57.4 Å². The summed E-state index contributed by atoms with van der Waals surface area (Å²) < 4.78 is 52.7. The molecule has 0 aromatic carbocycles. The molecule has 0 spiro atoms. The lowest BCUT2D eigenvalue weighted by molar-refractivity contribution is -0.0629. The van der Waals surface area contributed by atoms with Crippen LogP contribution in [-0.4, -0.2) is 62.5 Å². The maximum absolute atomic E-state index is 11.9. The predicted molar refractivity (Wildman–Crippen MR) is 115 cm³/mol. The van der Waals surface area contributed by atoms with Crippen molar-refractivity contribution in [3.63, 3.8) is 0 Å². The van der Waals surface area contributed by atoms with Crippen molar-refractivity contribution in [3.05, 3.63) is 24.2 Å². The Morgan fingerprint density at radius 1 is 1.16 bits per heavy atom. The van der Waals surface area contributed by atoms with Crippen molar-refractivity contribution in [1.29, 1.82) is 0 Å². The minimum absolute atomic E-state index is 0.220. The molecule has 20 heteroatoms. The molecular weight excluding hydrogens is 612 g/mol. The maximum atomic E-state index is 11.9. The van der Waals surface area contributed by atoms with Crippen LogP contribution in [0.3, 0.4) is 0 Å². The second-order valence-electron chi connectivity index (χ2n) is 6.13. The molecule has 7 N–H and O–H groups in total. The molecular formula is C12H20IN4O12P3. The zero-order chi connectivity index (χ0) is 24.3. The Kier molecular flexibility index (Phi) is 9.37. The summed E-state index contributed by atoms with van der Waals surface area (Å²) in [7, 11) is -16.5. The second kappa shape index (κ2) is 10.8. The van der Waals surface area contributed by atoms with Gasteiger partial charge < -0.3 is 35.2 Å². The summed E-state index contributed by atoms with van der Waals surface area (Å²) in [5.74, 6) is 0.220. The van der Waals surface area contributed by atoms with E-state index in [2.05, 4.69) is 23.2 Å². The Bertz CT molecular complexity index is 1080. The number of halogens is 1. The zero-order valence-corrected chi connectivity index (χ0v) is 21.0. The number of aliphatic hydroxyl groups is 1. The van der Waals surface area contributed by atoms with Crippen molar-refractivity contribution in [2.75, 3.05) is 18.9 Å². The molecule has 32 heavy (non-hydrogen) atoms. The monoisotopic (exact) mass is 632 g/mol. The Morgan fingerprint density at radius 3 is 2.38 bits per heavy atom. The molecule has 2 aromatic heterocycles. The van der Waals surface area contributed by atoms with Gasteiger partial charge in [-0.05, 0) is 12.1 Å². The number of nitrogens with zero attached hydrogens (tertiary/aromatic N) is 3. The first-order valence-corrected chi connectivity index (χ1v) is 14.2. The number of aromatic nitrogens is 3. The summed E-state index contributed by atoms with van der Waals surface area (Å²) in [5.41, 5.74) is 6.83. The predicted octanol–water partition coefficient (Wildman–Crippen LogP) is 0.897. The minimum atomic E-state index is -5.65. The number of phosphoric acid groups is 3. The fourth-order valence-corrected chi connectivity index (χ4v) is 6.01. The van der Waals surface area contributed by atoms with E-state index in [1.807, 2.05) is 22.6 Å². The Morgan fingerprint density at radius 2 is 1.81 bits per heavy atom. The molecule has 0 aliphatic rings. The van der Waals surface area contributed by atoms with Crippen molar-refractivity contribution < 1.29 is 56.3 Å². The first-order valence-electron chi connectivity index (χ1n) is 8.41. The standard InChI is InChI=1S/C12H20IN4O12P3/c1-7(13)11(9-2-3-10-12(14)15-6-16-17(9)10)27-8(4-18)5-26-31(22,23)29-32(24,25)28-30(19,20)21/h2-3,6-8,11,18H,4-5H2,1H3,(H,22,23)(H,24,25)(H2,14,15,16)(H2,19,20,21)/t7?,8-,11+/m0/s1. The number of hydrogen-bond donors (Lipinski definition) is 6. The number of rotatable bonds is 12. The molecule has 3 unspecified atom stereocenters. The van der Waals surface area contributed by atoms with Crippen molar-refractivity contribution in [1.82, 2.24) is 14.6 Å². The molecule has 0 amide bonds. The van der Waals surface area contributed by atoms with E-state index in [0.717, 1.165) is 0 Å². The summed E-state index contributed by atoms with van der Waals surface area (Å²) in [6.45, 7) is 0.280. The van der Waals surface area contributed by atoms with Gasteiger partial charge in [-0.3, -0.25) is 4.52 Å². The lowest BCUT2D eigenvalue weighted by atomic mass is 10.2. The lowest BCUT2D eigenvalue weighted by Gasteiger charge is -2.26. The summed E-state index contributed by atoms with van der Waals surface area (Å²) in [6, 6.07) is 3.32. The van der Waals surface area contributed by atoms with Crippen LogP contribution < -0.4 is 5.73 Å². The highest BCUT2D eigenvalue weighted by Gasteiger charge is 2.41. The average molecular weight is 632 g/mol. The van der Waals surface area contributed by atoms with Gasteiger partial charge in [-0.1, -0.05) is 29.5 Å². The van der Waals surface area contributed by atoms with E-state index in [0.29, 0.717) is 11.2 Å². The Balaban J connectivity index is 2.12. The molecule has 0 radical (unpaired) electrons. The Labute approximate surface area is 194 Å². The van der Waals surface area contributed by atoms with Crippen LogP contribution in [0.2, 0.25) is 0 Å². The van der Waals surface area contributed by atoms with E-state index in [9.17, 15) is 28.6 Å². The van der Waals surface area contributed by atoms with Crippen LogP contribution in [0.25, 0.3) is 5.52 Å². The normalized spacial score (nSPS) is 19.2.